The van der Waals surface area contributed by atoms with Crippen LogP contribution in [0.4, 0.5) is 10.5 Å². The maximum absolute atomic E-state index is 12.9. The van der Waals surface area contributed by atoms with Gasteiger partial charge in [0.25, 0.3) is 5.91 Å². The number of carbonyl (C=O) groups excluding carboxylic acids is 3. The molecule has 0 aliphatic carbocycles. The largest absolute Gasteiger partial charge is 0.341 e. The van der Waals surface area contributed by atoms with Gasteiger partial charge >= 0.3 is 6.03 Å². The van der Waals surface area contributed by atoms with E-state index in [-0.39, 0.29) is 30.7 Å². The molecule has 1 saturated heterocycles. The summed E-state index contributed by atoms with van der Waals surface area (Å²) in [5.41, 5.74) is 3.88. The predicted molar refractivity (Wildman–Crippen MR) is 137 cm³/mol. The normalized spacial score (nSPS) is 16.6. The number of anilines is 1. The van der Waals surface area contributed by atoms with Crippen LogP contribution in [-0.4, -0.2) is 33.4 Å². The van der Waals surface area contributed by atoms with Crippen LogP contribution in [0.5, 0.6) is 0 Å². The van der Waals surface area contributed by atoms with Gasteiger partial charge in [0.1, 0.15) is 6.04 Å². The molecule has 7 nitrogen and oxygen atoms in total. The Kier molecular flexibility index (Phi) is 5.99. The fourth-order valence-electron chi connectivity index (χ4n) is 4.96. The lowest BCUT2D eigenvalue weighted by Gasteiger charge is -2.21. The molecule has 35 heavy (non-hydrogen) atoms. The van der Waals surface area contributed by atoms with E-state index >= 15 is 0 Å². The first-order valence-electron chi connectivity index (χ1n) is 12.0. The van der Waals surface area contributed by atoms with Crippen LogP contribution in [0.3, 0.4) is 0 Å². The Balaban J connectivity index is 1.25. The Hall–Kier alpha value is -4.13. The highest BCUT2D eigenvalue weighted by atomic mass is 16.2. The van der Waals surface area contributed by atoms with E-state index in [1.165, 1.54) is 10.4 Å². The van der Waals surface area contributed by atoms with E-state index in [2.05, 4.69) is 34.3 Å². The molecule has 1 aliphatic rings. The number of hydrogen-bond donors (Lipinski definition) is 2. The Morgan fingerprint density at radius 3 is 2.46 bits per heavy atom. The minimum Gasteiger partial charge on any atom is -0.341 e. The van der Waals surface area contributed by atoms with Crippen LogP contribution in [0.1, 0.15) is 38.3 Å². The third-order valence-electron chi connectivity index (χ3n) is 6.75. The first-order valence-corrected chi connectivity index (χ1v) is 12.0. The van der Waals surface area contributed by atoms with Crippen molar-refractivity contribution in [3.8, 4) is 0 Å². The van der Waals surface area contributed by atoms with Crippen molar-refractivity contribution >= 4 is 45.3 Å². The highest BCUT2D eigenvalue weighted by Crippen LogP contribution is 2.31. The Morgan fingerprint density at radius 1 is 0.971 bits per heavy atom. The van der Waals surface area contributed by atoms with Gasteiger partial charge in [0.05, 0.1) is 6.04 Å². The summed E-state index contributed by atoms with van der Waals surface area (Å²) in [6.07, 6.45) is 0.366. The van der Waals surface area contributed by atoms with Crippen molar-refractivity contribution in [2.75, 3.05) is 5.32 Å². The average molecular weight is 469 g/mol. The van der Waals surface area contributed by atoms with Crippen LogP contribution in [0.2, 0.25) is 0 Å². The smallest absolute Gasteiger partial charge is 0.325 e. The minimum atomic E-state index is -0.704. The molecule has 0 saturated carbocycles. The highest BCUT2D eigenvalue weighted by molar-refractivity contribution is 6.10. The number of urea groups is 1. The molecule has 2 atom stereocenters. The van der Waals surface area contributed by atoms with Gasteiger partial charge in [-0.25, -0.2) is 4.79 Å². The molecule has 0 spiro atoms. The molecule has 4 amide bonds. The van der Waals surface area contributed by atoms with Crippen LogP contribution >= 0.6 is 0 Å². The van der Waals surface area contributed by atoms with Gasteiger partial charge in [0.15, 0.2) is 0 Å². The van der Waals surface area contributed by atoms with E-state index in [0.717, 1.165) is 28.4 Å². The van der Waals surface area contributed by atoms with Crippen LogP contribution in [-0.2, 0) is 16.1 Å². The number of nitrogens with one attached hydrogen (secondary N) is 2. The maximum atomic E-state index is 12.9. The van der Waals surface area contributed by atoms with Gasteiger partial charge in [-0.1, -0.05) is 48.5 Å². The highest BCUT2D eigenvalue weighted by Gasteiger charge is 2.40. The maximum Gasteiger partial charge on any atom is 0.325 e. The van der Waals surface area contributed by atoms with Gasteiger partial charge in [-0.3, -0.25) is 14.5 Å². The second-order valence-corrected chi connectivity index (χ2v) is 8.88. The first kappa shape index (κ1) is 22.7. The van der Waals surface area contributed by atoms with Crippen molar-refractivity contribution < 1.29 is 14.4 Å². The lowest BCUT2D eigenvalue weighted by molar-refractivity contribution is -0.129. The summed E-state index contributed by atoms with van der Waals surface area (Å²) in [6.45, 7) is 4.80. The summed E-state index contributed by atoms with van der Waals surface area (Å²) < 4.78 is 2.26. The summed E-state index contributed by atoms with van der Waals surface area (Å²) in [7, 11) is 0. The van der Waals surface area contributed by atoms with Crippen molar-refractivity contribution in [2.24, 2.45) is 0 Å². The second-order valence-electron chi connectivity index (χ2n) is 8.88. The lowest BCUT2D eigenvalue weighted by atomic mass is 10.1. The number of nitrogens with zero attached hydrogens (tertiary/aromatic N) is 2. The molecule has 1 aromatic heterocycles. The number of aromatic nitrogens is 1. The first-order chi connectivity index (χ1) is 17.0. The van der Waals surface area contributed by atoms with E-state index < -0.39 is 12.1 Å². The number of benzene rings is 3. The minimum absolute atomic E-state index is 0.124. The van der Waals surface area contributed by atoms with Crippen LogP contribution in [0.15, 0.2) is 72.8 Å². The summed E-state index contributed by atoms with van der Waals surface area (Å²) in [6, 6.07) is 22.1. The zero-order valence-corrected chi connectivity index (χ0v) is 19.8. The van der Waals surface area contributed by atoms with Crippen molar-refractivity contribution in [1.29, 1.82) is 0 Å². The van der Waals surface area contributed by atoms with Gasteiger partial charge in [-0.2, -0.15) is 0 Å². The summed E-state index contributed by atoms with van der Waals surface area (Å²) in [4.78, 5) is 39.4. The standard InChI is InChI=1S/C28H28N4O3/c1-3-31-24-12-8-7-11-21(24)22-17-20(13-15-25(22)31)29-26(33)16-14-23-27(34)32(28(35)30-23)18(2)19-9-5-4-6-10-19/h4-13,15,17-18,23H,3,14,16H2,1-2H3,(H,29,33)(H,30,35)/t18-,23-/m1/s1. The monoisotopic (exact) mass is 468 g/mol. The Bertz CT molecular complexity index is 1430. The lowest BCUT2D eigenvalue weighted by Crippen LogP contribution is -2.34. The van der Waals surface area contributed by atoms with Gasteiger partial charge in [-0.15, -0.1) is 0 Å². The van der Waals surface area contributed by atoms with E-state index in [4.69, 9.17) is 0 Å². The molecule has 0 radical (unpaired) electrons. The van der Waals surface area contributed by atoms with Crippen molar-refractivity contribution in [2.45, 2.75) is 45.3 Å². The van der Waals surface area contributed by atoms with E-state index in [9.17, 15) is 14.4 Å². The third-order valence-corrected chi connectivity index (χ3v) is 6.75. The Labute approximate surface area is 203 Å². The number of amides is 4. The molecule has 0 bridgehead atoms. The van der Waals surface area contributed by atoms with Gasteiger partial charge < -0.3 is 15.2 Å². The van der Waals surface area contributed by atoms with E-state index in [0.29, 0.717) is 5.69 Å². The quantitative estimate of drug-likeness (QED) is 0.365. The molecular formula is C28H28N4O3. The molecule has 2 heterocycles. The fourth-order valence-corrected chi connectivity index (χ4v) is 4.96. The molecule has 0 unspecified atom stereocenters. The predicted octanol–water partition coefficient (Wildman–Crippen LogP) is 5.21. The molecular weight excluding hydrogens is 440 g/mol. The fraction of sp³-hybridized carbons (Fsp3) is 0.250. The van der Waals surface area contributed by atoms with Crippen LogP contribution < -0.4 is 10.6 Å². The van der Waals surface area contributed by atoms with Gasteiger partial charge in [-0.05, 0) is 50.1 Å². The molecule has 1 fully saturated rings. The van der Waals surface area contributed by atoms with Crippen molar-refractivity contribution in [3.63, 3.8) is 0 Å². The molecule has 4 aromatic rings. The molecule has 7 heteroatoms. The molecule has 5 rings (SSSR count). The number of carbonyl (C=O) groups is 3. The molecule has 178 valence electrons. The van der Waals surface area contributed by atoms with Crippen LogP contribution in [0.25, 0.3) is 21.8 Å². The van der Waals surface area contributed by atoms with E-state index in [1.54, 1.807) is 0 Å². The number of aryl methyl sites for hydroxylation is 1. The average Bonchev–Trinajstić information content (AvgIpc) is 3.35. The second kappa shape index (κ2) is 9.25. The summed E-state index contributed by atoms with van der Waals surface area (Å²) in [5.74, 6) is -0.492. The number of hydrogen-bond acceptors (Lipinski definition) is 3. The topological polar surface area (TPSA) is 83.4 Å². The number of imide groups is 1. The molecule has 1 aliphatic heterocycles. The van der Waals surface area contributed by atoms with Crippen LogP contribution in [0, 0.1) is 0 Å². The zero-order chi connectivity index (χ0) is 24.5. The SMILES string of the molecule is CCn1c2ccccc2c2cc(NC(=O)CC[C@H]3NC(=O)N([C@H](C)c4ccccc4)C3=O)ccc21. The zero-order valence-electron chi connectivity index (χ0n) is 19.8. The van der Waals surface area contributed by atoms with E-state index in [1.807, 2.05) is 67.6 Å². The number of para-hydroxylation sites is 1. The van der Waals surface area contributed by atoms with Crippen molar-refractivity contribution in [1.82, 2.24) is 14.8 Å². The molecule has 2 N–H and O–H groups in total. The number of fused-ring (bicyclic) bond motifs is 3. The van der Waals surface area contributed by atoms with Crippen molar-refractivity contribution in [3.05, 3.63) is 78.4 Å². The van der Waals surface area contributed by atoms with Gasteiger partial charge in [0.2, 0.25) is 5.91 Å². The van der Waals surface area contributed by atoms with Gasteiger partial charge in [0, 0.05) is 40.5 Å². The summed E-state index contributed by atoms with van der Waals surface area (Å²) >= 11 is 0. The number of rotatable bonds is 7. The molecule has 3 aromatic carbocycles. The summed E-state index contributed by atoms with van der Waals surface area (Å²) in [5, 5.41) is 7.91. The third kappa shape index (κ3) is 4.14. The Morgan fingerprint density at radius 2 is 1.69 bits per heavy atom.